The summed E-state index contributed by atoms with van der Waals surface area (Å²) in [4.78, 5) is 0. The van der Waals surface area contributed by atoms with E-state index in [1.807, 2.05) is 13.2 Å². The van der Waals surface area contributed by atoms with Crippen LogP contribution in [0.5, 0.6) is 0 Å². The number of hydrogen-bond donors (Lipinski definition) is 2. The molecule has 0 aliphatic heterocycles. The van der Waals surface area contributed by atoms with E-state index in [9.17, 15) is 8.42 Å². The quantitative estimate of drug-likeness (QED) is 0.581. The van der Waals surface area contributed by atoms with Crippen LogP contribution in [0.15, 0.2) is 0 Å². The maximum atomic E-state index is 11.6. The Morgan fingerprint density at radius 2 is 2.00 bits per heavy atom. The Morgan fingerprint density at radius 3 is 2.56 bits per heavy atom. The minimum Gasteiger partial charge on any atom is -0.316 e. The Morgan fingerprint density at radius 1 is 1.31 bits per heavy atom. The van der Waals surface area contributed by atoms with E-state index in [1.165, 1.54) is 0 Å². The third-order valence-electron chi connectivity index (χ3n) is 2.11. The number of rotatable bonds is 10. The van der Waals surface area contributed by atoms with Crippen molar-refractivity contribution in [3.05, 3.63) is 0 Å². The summed E-state index contributed by atoms with van der Waals surface area (Å²) in [5.41, 5.74) is 0. The number of thioether (sulfide) groups is 1. The smallest absolute Gasteiger partial charge is 0.213 e. The van der Waals surface area contributed by atoms with E-state index in [0.717, 1.165) is 25.1 Å². The summed E-state index contributed by atoms with van der Waals surface area (Å²) >= 11 is 1.73. The predicted molar refractivity (Wildman–Crippen MR) is 72.5 cm³/mol. The zero-order valence-electron chi connectivity index (χ0n) is 10.5. The van der Waals surface area contributed by atoms with Crippen molar-refractivity contribution in [2.24, 2.45) is 0 Å². The molecular formula is C10H24N2O2S2. The highest BCUT2D eigenvalue weighted by Gasteiger charge is 2.13. The Hall–Kier alpha value is 0.220. The molecule has 0 heterocycles. The van der Waals surface area contributed by atoms with E-state index in [1.54, 1.807) is 11.8 Å². The molecule has 0 aliphatic carbocycles. The normalized spacial score (nSPS) is 13.9. The van der Waals surface area contributed by atoms with Gasteiger partial charge in [0.2, 0.25) is 10.0 Å². The Kier molecular flexibility index (Phi) is 9.40. The van der Waals surface area contributed by atoms with Gasteiger partial charge in [-0.05, 0) is 38.3 Å². The first-order valence-electron chi connectivity index (χ1n) is 5.71. The van der Waals surface area contributed by atoms with Gasteiger partial charge in [-0.3, -0.25) is 0 Å². The predicted octanol–water partition coefficient (Wildman–Crippen LogP) is 1.05. The molecule has 0 amide bonds. The van der Waals surface area contributed by atoms with Gasteiger partial charge in [0.05, 0.1) is 5.75 Å². The molecule has 6 heteroatoms. The van der Waals surface area contributed by atoms with Crippen molar-refractivity contribution < 1.29 is 8.42 Å². The maximum absolute atomic E-state index is 11.6. The second kappa shape index (κ2) is 9.27. The molecule has 0 saturated heterocycles. The third kappa shape index (κ3) is 9.45. The molecular weight excluding hydrogens is 244 g/mol. The lowest BCUT2D eigenvalue weighted by Crippen LogP contribution is -2.37. The van der Waals surface area contributed by atoms with Crippen molar-refractivity contribution in [3.63, 3.8) is 0 Å². The average Bonchev–Trinajstić information content (AvgIpc) is 2.21. The first-order valence-corrected chi connectivity index (χ1v) is 8.76. The summed E-state index contributed by atoms with van der Waals surface area (Å²) in [5.74, 6) is 1.15. The molecule has 0 bridgehead atoms. The van der Waals surface area contributed by atoms with Gasteiger partial charge in [-0.2, -0.15) is 11.8 Å². The van der Waals surface area contributed by atoms with Gasteiger partial charge >= 0.3 is 0 Å². The van der Waals surface area contributed by atoms with Gasteiger partial charge in [-0.25, -0.2) is 13.1 Å². The molecule has 0 fully saturated rings. The van der Waals surface area contributed by atoms with Crippen LogP contribution in [0.25, 0.3) is 0 Å². The molecule has 0 saturated carbocycles. The lowest BCUT2D eigenvalue weighted by atomic mass is 10.3. The fourth-order valence-electron chi connectivity index (χ4n) is 1.23. The average molecular weight is 268 g/mol. The summed E-state index contributed by atoms with van der Waals surface area (Å²) in [5, 5.41) is 3.08. The minimum atomic E-state index is -3.11. The first kappa shape index (κ1) is 16.2. The van der Waals surface area contributed by atoms with Crippen LogP contribution < -0.4 is 10.0 Å². The summed E-state index contributed by atoms with van der Waals surface area (Å²) < 4.78 is 25.9. The zero-order valence-corrected chi connectivity index (χ0v) is 12.1. The SMILES string of the molecule is CCCNCCS(=O)(=O)NC(C)CCSC. The van der Waals surface area contributed by atoms with Crippen LogP contribution in [-0.4, -0.2) is 45.3 Å². The van der Waals surface area contributed by atoms with Crippen molar-refractivity contribution in [3.8, 4) is 0 Å². The van der Waals surface area contributed by atoms with Gasteiger partial charge in [0, 0.05) is 12.6 Å². The fourth-order valence-corrected chi connectivity index (χ4v) is 3.08. The highest BCUT2D eigenvalue weighted by atomic mass is 32.2. The standard InChI is InChI=1S/C10H24N2O2S2/c1-4-6-11-7-9-16(13,14)12-10(2)5-8-15-3/h10-12H,4-9H2,1-3H3. The van der Waals surface area contributed by atoms with E-state index in [-0.39, 0.29) is 11.8 Å². The van der Waals surface area contributed by atoms with Gasteiger partial charge in [-0.1, -0.05) is 6.92 Å². The second-order valence-electron chi connectivity index (χ2n) is 3.87. The van der Waals surface area contributed by atoms with Crippen LogP contribution >= 0.6 is 11.8 Å². The molecule has 0 aromatic heterocycles. The van der Waals surface area contributed by atoms with Gasteiger partial charge in [0.25, 0.3) is 0 Å². The maximum Gasteiger partial charge on any atom is 0.213 e. The molecule has 0 rings (SSSR count). The highest BCUT2D eigenvalue weighted by molar-refractivity contribution is 7.98. The van der Waals surface area contributed by atoms with E-state index >= 15 is 0 Å². The van der Waals surface area contributed by atoms with Crippen molar-refractivity contribution in [2.45, 2.75) is 32.7 Å². The van der Waals surface area contributed by atoms with Crippen LogP contribution in [0.4, 0.5) is 0 Å². The summed E-state index contributed by atoms with van der Waals surface area (Å²) in [7, 11) is -3.11. The molecule has 4 nitrogen and oxygen atoms in total. The highest BCUT2D eigenvalue weighted by Crippen LogP contribution is 2.01. The topological polar surface area (TPSA) is 58.2 Å². The summed E-state index contributed by atoms with van der Waals surface area (Å²) in [6, 6.07) is 0.0311. The molecule has 98 valence electrons. The Balaban J connectivity index is 3.76. The van der Waals surface area contributed by atoms with Crippen LogP contribution in [0.1, 0.15) is 26.7 Å². The van der Waals surface area contributed by atoms with Gasteiger partial charge in [0.15, 0.2) is 0 Å². The van der Waals surface area contributed by atoms with Crippen LogP contribution in [0, 0.1) is 0 Å². The lowest BCUT2D eigenvalue weighted by molar-refractivity contribution is 0.553. The van der Waals surface area contributed by atoms with E-state index in [4.69, 9.17) is 0 Å². The first-order chi connectivity index (χ1) is 7.52. The third-order valence-corrected chi connectivity index (χ3v) is 4.26. The molecule has 1 unspecified atom stereocenters. The van der Waals surface area contributed by atoms with Gasteiger partial charge in [-0.15, -0.1) is 0 Å². The van der Waals surface area contributed by atoms with Crippen molar-refractivity contribution in [1.29, 1.82) is 0 Å². The number of hydrogen-bond acceptors (Lipinski definition) is 4. The number of nitrogens with one attached hydrogen (secondary N) is 2. The Labute approximate surface area is 104 Å². The second-order valence-corrected chi connectivity index (χ2v) is 6.73. The monoisotopic (exact) mass is 268 g/mol. The molecule has 16 heavy (non-hydrogen) atoms. The molecule has 1 atom stereocenters. The lowest BCUT2D eigenvalue weighted by Gasteiger charge is -2.13. The van der Waals surface area contributed by atoms with Crippen LogP contribution in [0.3, 0.4) is 0 Å². The van der Waals surface area contributed by atoms with Crippen LogP contribution in [0.2, 0.25) is 0 Å². The van der Waals surface area contributed by atoms with Gasteiger partial charge in [0.1, 0.15) is 0 Å². The van der Waals surface area contributed by atoms with Gasteiger partial charge < -0.3 is 5.32 Å². The summed E-state index contributed by atoms with van der Waals surface area (Å²) in [6.07, 6.45) is 3.93. The molecule has 0 radical (unpaired) electrons. The largest absolute Gasteiger partial charge is 0.316 e. The van der Waals surface area contributed by atoms with Crippen molar-refractivity contribution in [2.75, 3.05) is 30.9 Å². The number of sulfonamides is 1. The van der Waals surface area contributed by atoms with E-state index < -0.39 is 10.0 Å². The molecule has 0 spiro atoms. The van der Waals surface area contributed by atoms with Crippen LogP contribution in [-0.2, 0) is 10.0 Å². The van der Waals surface area contributed by atoms with Crippen molar-refractivity contribution in [1.82, 2.24) is 10.0 Å². The van der Waals surface area contributed by atoms with Crippen molar-refractivity contribution >= 4 is 21.8 Å². The van der Waals surface area contributed by atoms with E-state index in [2.05, 4.69) is 17.0 Å². The van der Waals surface area contributed by atoms with E-state index in [0.29, 0.717) is 6.54 Å². The molecule has 0 aromatic rings. The minimum absolute atomic E-state index is 0.0311. The summed E-state index contributed by atoms with van der Waals surface area (Å²) in [6.45, 7) is 5.37. The fraction of sp³-hybridized carbons (Fsp3) is 1.00. The molecule has 0 aromatic carbocycles. The Bertz CT molecular complexity index is 256. The molecule has 0 aliphatic rings. The molecule has 2 N–H and O–H groups in total. The zero-order chi connectivity index (χ0) is 12.4.